The van der Waals surface area contributed by atoms with Crippen LogP contribution in [0.4, 0.5) is 0 Å². The molecule has 0 saturated carbocycles. The minimum atomic E-state index is -3.63. The molecule has 6 heteroatoms. The van der Waals surface area contributed by atoms with Crippen LogP contribution in [0, 0.1) is 13.8 Å². The summed E-state index contributed by atoms with van der Waals surface area (Å²) in [5.74, 6) is 0. The van der Waals surface area contributed by atoms with Gasteiger partial charge in [-0.05, 0) is 50.3 Å². The molecule has 1 aliphatic heterocycles. The monoisotopic (exact) mass is 294 g/mol. The molecule has 0 N–H and O–H groups in total. The van der Waals surface area contributed by atoms with Crippen molar-refractivity contribution >= 4 is 16.1 Å². The third-order valence-electron chi connectivity index (χ3n) is 3.56. The molecule has 108 valence electrons. The number of aryl methyl sites for hydroxylation is 2. The first-order valence-electron chi connectivity index (χ1n) is 6.63. The van der Waals surface area contributed by atoms with E-state index in [4.69, 9.17) is 0 Å². The SMILES string of the molecule is Cc1ccc(C)c(S(=O)(=O)N2CCCCC2N=C=O)c1. The molecule has 1 heterocycles. The van der Waals surface area contributed by atoms with Gasteiger partial charge in [-0.3, -0.25) is 0 Å². The number of hydrogen-bond acceptors (Lipinski definition) is 4. The van der Waals surface area contributed by atoms with Crippen molar-refractivity contribution in [1.29, 1.82) is 0 Å². The van der Waals surface area contributed by atoms with Crippen molar-refractivity contribution in [1.82, 2.24) is 4.31 Å². The molecule has 5 nitrogen and oxygen atoms in total. The molecular formula is C14H18N2O3S. The second-order valence-corrected chi connectivity index (χ2v) is 6.94. The summed E-state index contributed by atoms with van der Waals surface area (Å²) >= 11 is 0. The van der Waals surface area contributed by atoms with Crippen LogP contribution >= 0.6 is 0 Å². The van der Waals surface area contributed by atoms with Crippen molar-refractivity contribution in [2.75, 3.05) is 6.54 Å². The Balaban J connectivity index is 2.47. The first-order chi connectivity index (χ1) is 9.46. The molecule has 2 rings (SSSR count). The van der Waals surface area contributed by atoms with E-state index in [9.17, 15) is 13.2 Å². The van der Waals surface area contributed by atoms with Gasteiger partial charge in [0.1, 0.15) is 6.17 Å². The Morgan fingerprint density at radius 1 is 1.30 bits per heavy atom. The third kappa shape index (κ3) is 2.82. The van der Waals surface area contributed by atoms with Crippen LogP contribution < -0.4 is 0 Å². The van der Waals surface area contributed by atoms with Gasteiger partial charge in [-0.25, -0.2) is 13.2 Å². The Morgan fingerprint density at radius 3 is 2.75 bits per heavy atom. The topological polar surface area (TPSA) is 66.8 Å². The highest BCUT2D eigenvalue weighted by atomic mass is 32.2. The van der Waals surface area contributed by atoms with Crippen LogP contribution in [0.5, 0.6) is 0 Å². The van der Waals surface area contributed by atoms with E-state index in [2.05, 4.69) is 4.99 Å². The van der Waals surface area contributed by atoms with Gasteiger partial charge in [0.05, 0.1) is 4.90 Å². The average molecular weight is 294 g/mol. The number of isocyanates is 1. The zero-order valence-electron chi connectivity index (χ0n) is 11.7. The van der Waals surface area contributed by atoms with E-state index in [1.165, 1.54) is 10.4 Å². The van der Waals surface area contributed by atoms with Gasteiger partial charge < -0.3 is 0 Å². The standard InChI is InChI=1S/C14H18N2O3S/c1-11-6-7-12(2)13(9-11)20(18,19)16-8-4-3-5-14(16)15-10-17/h6-7,9,14H,3-5,8H2,1-2H3. The Morgan fingerprint density at radius 2 is 2.05 bits per heavy atom. The lowest BCUT2D eigenvalue weighted by Crippen LogP contribution is -2.42. The summed E-state index contributed by atoms with van der Waals surface area (Å²) in [5, 5.41) is 0. The lowest BCUT2D eigenvalue weighted by Gasteiger charge is -2.31. The van der Waals surface area contributed by atoms with Gasteiger partial charge >= 0.3 is 0 Å². The molecule has 0 spiro atoms. The Kier molecular flexibility index (Phi) is 4.38. The van der Waals surface area contributed by atoms with Gasteiger partial charge in [0.2, 0.25) is 16.1 Å². The lowest BCUT2D eigenvalue weighted by molar-refractivity contribution is 0.259. The predicted molar refractivity (Wildman–Crippen MR) is 75.6 cm³/mol. The van der Waals surface area contributed by atoms with Crippen molar-refractivity contribution in [3.63, 3.8) is 0 Å². The van der Waals surface area contributed by atoms with Gasteiger partial charge in [0.25, 0.3) is 0 Å². The van der Waals surface area contributed by atoms with E-state index < -0.39 is 16.2 Å². The van der Waals surface area contributed by atoms with Gasteiger partial charge in [0.15, 0.2) is 0 Å². The van der Waals surface area contributed by atoms with E-state index in [-0.39, 0.29) is 0 Å². The second kappa shape index (κ2) is 5.87. The summed E-state index contributed by atoms with van der Waals surface area (Å²) in [6.45, 7) is 4.02. The molecule has 0 aliphatic carbocycles. The van der Waals surface area contributed by atoms with Crippen LogP contribution in [0.15, 0.2) is 28.1 Å². The van der Waals surface area contributed by atoms with Crippen LogP contribution in [0.2, 0.25) is 0 Å². The molecule has 1 aromatic carbocycles. The minimum absolute atomic E-state index is 0.297. The zero-order valence-corrected chi connectivity index (χ0v) is 12.5. The number of sulfonamides is 1. The van der Waals surface area contributed by atoms with Crippen LogP contribution in [0.3, 0.4) is 0 Å². The van der Waals surface area contributed by atoms with Gasteiger partial charge in [0, 0.05) is 6.54 Å². The molecule has 0 amide bonds. The predicted octanol–water partition coefficient (Wildman–Crippen LogP) is 2.14. The fourth-order valence-electron chi connectivity index (χ4n) is 2.47. The van der Waals surface area contributed by atoms with Crippen molar-refractivity contribution in [3.8, 4) is 0 Å². The number of piperidine rings is 1. The highest BCUT2D eigenvalue weighted by molar-refractivity contribution is 7.89. The van der Waals surface area contributed by atoms with E-state index in [1.54, 1.807) is 19.1 Å². The summed E-state index contributed by atoms with van der Waals surface area (Å²) in [6.07, 6.45) is 3.09. The fourth-order valence-corrected chi connectivity index (χ4v) is 4.37. The van der Waals surface area contributed by atoms with Crippen LogP contribution in [0.1, 0.15) is 30.4 Å². The van der Waals surface area contributed by atoms with E-state index in [0.29, 0.717) is 23.4 Å². The quantitative estimate of drug-likeness (QED) is 0.633. The molecule has 1 aliphatic rings. The summed E-state index contributed by atoms with van der Waals surface area (Å²) in [6, 6.07) is 5.34. The normalized spacial score (nSPS) is 20.4. The van der Waals surface area contributed by atoms with Crippen molar-refractivity contribution in [2.45, 2.75) is 44.2 Å². The number of carbonyl (C=O) groups excluding carboxylic acids is 1. The van der Waals surface area contributed by atoms with Gasteiger partial charge in [-0.2, -0.15) is 9.30 Å². The maximum atomic E-state index is 12.8. The number of benzene rings is 1. The average Bonchev–Trinajstić information content (AvgIpc) is 2.42. The Hall–Kier alpha value is -1.49. The van der Waals surface area contributed by atoms with Gasteiger partial charge in [-0.15, -0.1) is 0 Å². The summed E-state index contributed by atoms with van der Waals surface area (Å²) in [7, 11) is -3.63. The lowest BCUT2D eigenvalue weighted by atomic mass is 10.1. The van der Waals surface area contributed by atoms with Crippen molar-refractivity contribution in [3.05, 3.63) is 29.3 Å². The second-order valence-electron chi connectivity index (χ2n) is 5.08. The molecular weight excluding hydrogens is 276 g/mol. The summed E-state index contributed by atoms with van der Waals surface area (Å²) in [4.78, 5) is 14.4. The van der Waals surface area contributed by atoms with Crippen molar-refractivity contribution < 1.29 is 13.2 Å². The first kappa shape index (κ1) is 14.9. The highest BCUT2D eigenvalue weighted by Crippen LogP contribution is 2.28. The van der Waals surface area contributed by atoms with Crippen LogP contribution in [-0.2, 0) is 14.8 Å². The smallest absolute Gasteiger partial charge is 0.211 e. The molecule has 1 aromatic rings. The first-order valence-corrected chi connectivity index (χ1v) is 8.07. The number of hydrogen-bond donors (Lipinski definition) is 0. The Labute approximate surface area is 119 Å². The van der Waals surface area contributed by atoms with E-state index >= 15 is 0 Å². The molecule has 1 atom stereocenters. The molecule has 1 saturated heterocycles. The highest BCUT2D eigenvalue weighted by Gasteiger charge is 2.34. The zero-order chi connectivity index (χ0) is 14.8. The van der Waals surface area contributed by atoms with E-state index in [0.717, 1.165) is 18.4 Å². The molecule has 20 heavy (non-hydrogen) atoms. The number of rotatable bonds is 3. The maximum absolute atomic E-state index is 12.8. The minimum Gasteiger partial charge on any atom is -0.211 e. The number of nitrogens with zero attached hydrogens (tertiary/aromatic N) is 2. The number of aliphatic imine (C=N–C) groups is 1. The van der Waals surface area contributed by atoms with E-state index in [1.807, 2.05) is 13.0 Å². The fraction of sp³-hybridized carbons (Fsp3) is 0.500. The maximum Gasteiger partial charge on any atom is 0.245 e. The molecule has 0 aromatic heterocycles. The summed E-state index contributed by atoms with van der Waals surface area (Å²) < 4.78 is 26.9. The summed E-state index contributed by atoms with van der Waals surface area (Å²) in [5.41, 5.74) is 1.59. The molecule has 1 fully saturated rings. The van der Waals surface area contributed by atoms with Gasteiger partial charge in [-0.1, -0.05) is 12.1 Å². The van der Waals surface area contributed by atoms with Crippen LogP contribution in [0.25, 0.3) is 0 Å². The van der Waals surface area contributed by atoms with Crippen LogP contribution in [-0.4, -0.2) is 31.5 Å². The third-order valence-corrected chi connectivity index (χ3v) is 5.59. The Bertz CT molecular complexity index is 648. The molecule has 0 radical (unpaired) electrons. The van der Waals surface area contributed by atoms with Crippen molar-refractivity contribution in [2.24, 2.45) is 4.99 Å². The molecule has 1 unspecified atom stereocenters. The molecule has 0 bridgehead atoms. The largest absolute Gasteiger partial charge is 0.245 e.